The van der Waals surface area contributed by atoms with Crippen molar-refractivity contribution in [3.8, 4) is 16.9 Å². The third-order valence-electron chi connectivity index (χ3n) is 4.29. The number of carbonyl (C=O) groups is 1. The first-order chi connectivity index (χ1) is 12.7. The summed E-state index contributed by atoms with van der Waals surface area (Å²) in [5.74, 6) is 1.42. The van der Waals surface area contributed by atoms with E-state index in [1.165, 1.54) is 5.56 Å². The maximum atomic E-state index is 11.2. The van der Waals surface area contributed by atoms with Gasteiger partial charge in [0.25, 0.3) is 0 Å². The smallest absolute Gasteiger partial charge is 0.150 e. The lowest BCUT2D eigenvalue weighted by Crippen LogP contribution is -1.98. The van der Waals surface area contributed by atoms with Crippen LogP contribution in [0, 0.1) is 5.92 Å². The highest BCUT2D eigenvalue weighted by Gasteiger charge is 2.09. The largest absolute Gasteiger partial charge is 0.488 e. The Balaban J connectivity index is 1.87. The molecule has 2 nitrogen and oxygen atoms in total. The molecule has 0 aliphatic rings. The second kappa shape index (κ2) is 8.48. The average molecular weight is 344 g/mol. The van der Waals surface area contributed by atoms with Crippen LogP contribution in [-0.4, -0.2) is 6.29 Å². The minimum atomic E-state index is 0.500. The number of hydrogen-bond acceptors (Lipinski definition) is 2. The Morgan fingerprint density at radius 1 is 0.885 bits per heavy atom. The van der Waals surface area contributed by atoms with Crippen molar-refractivity contribution in [3.05, 3.63) is 89.5 Å². The van der Waals surface area contributed by atoms with Crippen LogP contribution in [0.5, 0.6) is 5.75 Å². The van der Waals surface area contributed by atoms with Gasteiger partial charge in [-0.15, -0.1) is 0 Å². The summed E-state index contributed by atoms with van der Waals surface area (Å²) in [6, 6.07) is 24.2. The molecule has 0 unspecified atom stereocenters. The van der Waals surface area contributed by atoms with Crippen LogP contribution in [0.15, 0.2) is 72.8 Å². The van der Waals surface area contributed by atoms with E-state index in [1.807, 2.05) is 42.5 Å². The molecule has 0 aliphatic heterocycles. The van der Waals surface area contributed by atoms with Gasteiger partial charge >= 0.3 is 0 Å². The Morgan fingerprint density at radius 2 is 1.62 bits per heavy atom. The van der Waals surface area contributed by atoms with Crippen molar-refractivity contribution in [3.63, 3.8) is 0 Å². The zero-order valence-corrected chi connectivity index (χ0v) is 15.3. The summed E-state index contributed by atoms with van der Waals surface area (Å²) in [7, 11) is 0. The normalized spacial score (nSPS) is 10.7. The quantitative estimate of drug-likeness (QED) is 0.496. The van der Waals surface area contributed by atoms with E-state index in [1.54, 1.807) is 6.07 Å². The number of benzene rings is 3. The third kappa shape index (κ3) is 4.60. The molecule has 0 aromatic heterocycles. The number of carbonyl (C=O) groups excluding carboxylic acids is 1. The molecule has 26 heavy (non-hydrogen) atoms. The van der Waals surface area contributed by atoms with Gasteiger partial charge in [-0.05, 0) is 47.2 Å². The van der Waals surface area contributed by atoms with Crippen molar-refractivity contribution in [2.24, 2.45) is 5.92 Å². The van der Waals surface area contributed by atoms with Crippen molar-refractivity contribution in [1.29, 1.82) is 0 Å². The van der Waals surface area contributed by atoms with E-state index in [4.69, 9.17) is 4.74 Å². The second-order valence-corrected chi connectivity index (χ2v) is 6.94. The lowest BCUT2D eigenvalue weighted by molar-refractivity contribution is 0.112. The molecule has 0 bridgehead atoms. The first-order valence-corrected chi connectivity index (χ1v) is 9.01. The maximum Gasteiger partial charge on any atom is 0.150 e. The van der Waals surface area contributed by atoms with Crippen molar-refractivity contribution in [2.45, 2.75) is 26.9 Å². The van der Waals surface area contributed by atoms with E-state index < -0.39 is 0 Å². The van der Waals surface area contributed by atoms with Gasteiger partial charge in [0.1, 0.15) is 18.6 Å². The summed E-state index contributed by atoms with van der Waals surface area (Å²) in [5.41, 5.74) is 5.09. The highest BCUT2D eigenvalue weighted by molar-refractivity contribution is 5.81. The topological polar surface area (TPSA) is 26.3 Å². The van der Waals surface area contributed by atoms with Gasteiger partial charge in [0, 0.05) is 11.1 Å². The third-order valence-corrected chi connectivity index (χ3v) is 4.29. The first kappa shape index (κ1) is 17.9. The zero-order chi connectivity index (χ0) is 18.4. The summed E-state index contributed by atoms with van der Waals surface area (Å²) < 4.78 is 6.06. The molecule has 0 radical (unpaired) electrons. The molecule has 3 rings (SSSR count). The summed E-state index contributed by atoms with van der Waals surface area (Å²) in [4.78, 5) is 11.2. The molecule has 0 saturated heterocycles. The lowest BCUT2D eigenvalue weighted by atomic mass is 9.98. The monoisotopic (exact) mass is 344 g/mol. The van der Waals surface area contributed by atoms with E-state index in [9.17, 15) is 4.79 Å². The Morgan fingerprint density at radius 3 is 2.27 bits per heavy atom. The van der Waals surface area contributed by atoms with Crippen LogP contribution in [0.1, 0.15) is 35.3 Å². The zero-order valence-electron chi connectivity index (χ0n) is 15.3. The number of rotatable bonds is 7. The fourth-order valence-corrected chi connectivity index (χ4v) is 3.00. The van der Waals surface area contributed by atoms with Crippen LogP contribution in [-0.2, 0) is 13.0 Å². The fraction of sp³-hybridized carbons (Fsp3) is 0.208. The van der Waals surface area contributed by atoms with Crippen LogP contribution >= 0.6 is 0 Å². The van der Waals surface area contributed by atoms with Crippen LogP contribution in [0.4, 0.5) is 0 Å². The predicted molar refractivity (Wildman–Crippen MR) is 107 cm³/mol. The van der Waals surface area contributed by atoms with Gasteiger partial charge in [-0.1, -0.05) is 68.4 Å². The highest BCUT2D eigenvalue weighted by Crippen LogP contribution is 2.32. The Labute approximate surface area is 155 Å². The molecule has 3 aromatic carbocycles. The predicted octanol–water partition coefficient (Wildman–Crippen LogP) is 5.94. The molecule has 3 aromatic rings. The molecule has 0 amide bonds. The number of hydrogen-bond donors (Lipinski definition) is 0. The van der Waals surface area contributed by atoms with Crippen molar-refractivity contribution in [2.75, 3.05) is 0 Å². The molecular formula is C24H24O2. The first-order valence-electron chi connectivity index (χ1n) is 9.01. The highest BCUT2D eigenvalue weighted by atomic mass is 16.5. The standard InChI is InChI=1S/C24H24O2/c1-18(2)14-19-8-11-22(12-9-19)23-15-21(16-25)10-13-24(23)26-17-20-6-4-3-5-7-20/h3-13,15-16,18H,14,17H2,1-2H3. The van der Waals surface area contributed by atoms with E-state index in [-0.39, 0.29) is 0 Å². The minimum absolute atomic E-state index is 0.500. The van der Waals surface area contributed by atoms with Crippen molar-refractivity contribution in [1.82, 2.24) is 0 Å². The van der Waals surface area contributed by atoms with Crippen LogP contribution in [0.25, 0.3) is 11.1 Å². The van der Waals surface area contributed by atoms with Gasteiger partial charge in [0.15, 0.2) is 0 Å². The minimum Gasteiger partial charge on any atom is -0.488 e. The molecule has 0 atom stereocenters. The van der Waals surface area contributed by atoms with Crippen molar-refractivity contribution < 1.29 is 9.53 Å². The van der Waals surface area contributed by atoms with E-state index in [2.05, 4.69) is 38.1 Å². The molecule has 0 spiro atoms. The summed E-state index contributed by atoms with van der Waals surface area (Å²) in [5, 5.41) is 0. The van der Waals surface area contributed by atoms with E-state index in [0.717, 1.165) is 35.1 Å². The van der Waals surface area contributed by atoms with Crippen molar-refractivity contribution >= 4 is 6.29 Å². The summed E-state index contributed by atoms with van der Waals surface area (Å²) in [6.07, 6.45) is 1.93. The van der Waals surface area contributed by atoms with Crippen LogP contribution in [0.3, 0.4) is 0 Å². The lowest BCUT2D eigenvalue weighted by Gasteiger charge is -2.13. The molecule has 132 valence electrons. The Hall–Kier alpha value is -2.87. The molecule has 0 saturated carbocycles. The second-order valence-electron chi connectivity index (χ2n) is 6.94. The molecular weight excluding hydrogens is 320 g/mol. The van der Waals surface area contributed by atoms with Gasteiger partial charge in [-0.25, -0.2) is 0 Å². The molecule has 0 fully saturated rings. The Bertz CT molecular complexity index is 849. The van der Waals surface area contributed by atoms with Crippen LogP contribution < -0.4 is 4.74 Å². The van der Waals surface area contributed by atoms with Crippen LogP contribution in [0.2, 0.25) is 0 Å². The van der Waals surface area contributed by atoms with E-state index in [0.29, 0.717) is 18.1 Å². The van der Waals surface area contributed by atoms with Gasteiger partial charge in [0.05, 0.1) is 0 Å². The molecule has 0 heterocycles. The molecule has 0 N–H and O–H groups in total. The maximum absolute atomic E-state index is 11.2. The van der Waals surface area contributed by atoms with Gasteiger partial charge < -0.3 is 4.74 Å². The van der Waals surface area contributed by atoms with E-state index >= 15 is 0 Å². The van der Waals surface area contributed by atoms with Gasteiger partial charge in [0.2, 0.25) is 0 Å². The number of aldehydes is 1. The average Bonchev–Trinajstić information content (AvgIpc) is 2.67. The number of ether oxygens (including phenoxy) is 1. The summed E-state index contributed by atoms with van der Waals surface area (Å²) >= 11 is 0. The summed E-state index contributed by atoms with van der Waals surface area (Å²) in [6.45, 7) is 4.94. The van der Waals surface area contributed by atoms with Gasteiger partial charge in [-0.2, -0.15) is 0 Å². The fourth-order valence-electron chi connectivity index (χ4n) is 3.00. The SMILES string of the molecule is CC(C)Cc1ccc(-c2cc(C=O)ccc2OCc2ccccc2)cc1. The van der Waals surface area contributed by atoms with Gasteiger partial charge in [-0.3, -0.25) is 4.79 Å². The Kier molecular flexibility index (Phi) is 5.85. The molecule has 0 aliphatic carbocycles. The molecule has 2 heteroatoms.